The highest BCUT2D eigenvalue weighted by Crippen LogP contribution is 2.39. The monoisotopic (exact) mass is 512 g/mol. The number of piperidine rings is 1. The molecule has 2 aliphatic heterocycles. The second-order valence-electron chi connectivity index (χ2n) is 11.0. The summed E-state index contributed by atoms with van der Waals surface area (Å²) < 4.78 is 0. The molecule has 2 fully saturated rings. The second-order valence-corrected chi connectivity index (χ2v) is 11.0. The molecule has 0 aliphatic carbocycles. The van der Waals surface area contributed by atoms with Gasteiger partial charge in [-0.2, -0.15) is 0 Å². The van der Waals surface area contributed by atoms with E-state index in [4.69, 9.17) is 11.1 Å². The quantitative estimate of drug-likeness (QED) is 0.249. The van der Waals surface area contributed by atoms with Gasteiger partial charge in [-0.3, -0.25) is 10.2 Å². The van der Waals surface area contributed by atoms with Gasteiger partial charge in [0.2, 0.25) is 0 Å². The van der Waals surface area contributed by atoms with Crippen molar-refractivity contribution < 1.29 is 9.90 Å². The highest BCUT2D eigenvalue weighted by atomic mass is 16.3. The summed E-state index contributed by atoms with van der Waals surface area (Å²) in [5, 5.41) is 21.8. The predicted octanol–water partition coefficient (Wildman–Crippen LogP) is 5.77. The average Bonchev–Trinajstić information content (AvgIpc) is 3.18. The third-order valence-electron chi connectivity index (χ3n) is 7.04. The first-order chi connectivity index (χ1) is 18.2. The predicted molar refractivity (Wildman–Crippen MR) is 156 cm³/mol. The molecule has 0 radical (unpaired) electrons. The van der Waals surface area contributed by atoms with Gasteiger partial charge < -0.3 is 21.1 Å². The van der Waals surface area contributed by atoms with Crippen molar-refractivity contribution in [1.29, 1.82) is 5.41 Å². The Bertz CT molecular complexity index is 1220. The van der Waals surface area contributed by atoms with E-state index in [2.05, 4.69) is 43.1 Å². The van der Waals surface area contributed by atoms with E-state index in [1.54, 1.807) is 18.2 Å². The molecular formula is C32H40N4O2. The van der Waals surface area contributed by atoms with Gasteiger partial charge in [-0.15, -0.1) is 0 Å². The summed E-state index contributed by atoms with van der Waals surface area (Å²) in [7, 11) is 0. The molecule has 2 saturated heterocycles. The molecule has 5 rings (SSSR count). The van der Waals surface area contributed by atoms with Gasteiger partial charge in [0.05, 0.1) is 11.8 Å². The number of nitrogens with one attached hydrogen (secondary N) is 2. The van der Waals surface area contributed by atoms with Gasteiger partial charge in [0, 0.05) is 46.7 Å². The summed E-state index contributed by atoms with van der Waals surface area (Å²) in [5.74, 6) is 0.635. The number of aliphatic hydroxyl groups excluding tert-OH is 1. The molecule has 2 heterocycles. The molecular weight excluding hydrogens is 472 g/mol. The maximum Gasteiger partial charge on any atom is 0.251 e. The number of amides is 1. The molecule has 2 atom stereocenters. The second kappa shape index (κ2) is 12.3. The van der Waals surface area contributed by atoms with E-state index in [0.717, 1.165) is 48.4 Å². The van der Waals surface area contributed by atoms with Crippen LogP contribution in [0.2, 0.25) is 0 Å². The molecule has 38 heavy (non-hydrogen) atoms. The van der Waals surface area contributed by atoms with E-state index >= 15 is 0 Å². The Kier molecular flexibility index (Phi) is 8.85. The van der Waals surface area contributed by atoms with Crippen LogP contribution in [-0.2, 0) is 6.54 Å². The number of nitrogens with zero attached hydrogens (tertiary/aromatic N) is 1. The Morgan fingerprint density at radius 3 is 2.16 bits per heavy atom. The number of aliphatic hydroxyl groups is 1. The van der Waals surface area contributed by atoms with Crippen LogP contribution in [0.3, 0.4) is 0 Å². The van der Waals surface area contributed by atoms with E-state index < -0.39 is 0 Å². The third kappa shape index (κ3) is 6.62. The van der Waals surface area contributed by atoms with Crippen molar-refractivity contribution in [2.45, 2.75) is 71.2 Å². The minimum atomic E-state index is -0.198. The van der Waals surface area contributed by atoms with Gasteiger partial charge in [-0.1, -0.05) is 63.2 Å². The summed E-state index contributed by atoms with van der Waals surface area (Å²) in [6.45, 7) is 6.94. The average molecular weight is 513 g/mol. The molecule has 3 aromatic rings. The largest absolute Gasteiger partial charge is 0.398 e. The lowest BCUT2D eigenvalue weighted by Gasteiger charge is -2.39. The number of nitrogen functional groups attached to an aromatic ring is 1. The van der Waals surface area contributed by atoms with Crippen molar-refractivity contribution in [3.8, 4) is 0 Å². The fraction of sp³-hybridized carbons (Fsp3) is 0.375. The van der Waals surface area contributed by atoms with E-state index in [0.29, 0.717) is 41.2 Å². The molecule has 0 spiro atoms. The van der Waals surface area contributed by atoms with Crippen LogP contribution < -0.4 is 16.0 Å². The lowest BCUT2D eigenvalue weighted by molar-refractivity contribution is 0.0951. The summed E-state index contributed by atoms with van der Waals surface area (Å²) >= 11 is 0. The van der Waals surface area contributed by atoms with Crippen LogP contribution in [0.15, 0.2) is 72.8 Å². The number of benzene rings is 3. The lowest BCUT2D eigenvalue weighted by atomic mass is 9.96. The number of anilines is 2. The molecule has 200 valence electrons. The van der Waals surface area contributed by atoms with Crippen LogP contribution in [-0.4, -0.2) is 34.9 Å². The maximum absolute atomic E-state index is 12.7. The smallest absolute Gasteiger partial charge is 0.251 e. The van der Waals surface area contributed by atoms with Gasteiger partial charge in [0.25, 0.3) is 5.91 Å². The number of rotatable bonds is 6. The Labute approximate surface area is 226 Å². The zero-order valence-electron chi connectivity index (χ0n) is 22.7. The SMILES string of the molecule is CC(C)C.N=C(c1ccc(N2C3CCC2CC(O)C3)cc1)c1cc(C(=O)NCc2ccccc2)ccc1N. The number of fused-ring (bicyclic) bond motifs is 2. The number of carbonyl (C=O) groups is 1. The van der Waals surface area contributed by atoms with Crippen LogP contribution in [0, 0.1) is 11.3 Å². The van der Waals surface area contributed by atoms with Crippen molar-refractivity contribution in [2.75, 3.05) is 10.6 Å². The van der Waals surface area contributed by atoms with Crippen molar-refractivity contribution in [3.63, 3.8) is 0 Å². The minimum absolute atomic E-state index is 0.193. The van der Waals surface area contributed by atoms with E-state index in [1.165, 1.54) is 0 Å². The van der Waals surface area contributed by atoms with Gasteiger partial charge in [-0.25, -0.2) is 0 Å². The van der Waals surface area contributed by atoms with Crippen LogP contribution in [0.1, 0.15) is 73.5 Å². The molecule has 3 aromatic carbocycles. The van der Waals surface area contributed by atoms with Gasteiger partial charge in [-0.05, 0) is 67.5 Å². The Hall–Kier alpha value is -3.64. The summed E-state index contributed by atoms with van der Waals surface area (Å²) in [4.78, 5) is 15.1. The van der Waals surface area contributed by atoms with Crippen molar-refractivity contribution in [1.82, 2.24) is 5.32 Å². The fourth-order valence-corrected chi connectivity index (χ4v) is 5.32. The summed E-state index contributed by atoms with van der Waals surface area (Å²) in [5.41, 5.74) is 10.9. The normalized spacial score (nSPS) is 20.0. The standard InChI is InChI=1S/C28H30N4O2.C4H10/c29-26-13-8-20(28(34)31-17-18-4-2-1-3-5-18)14-25(26)27(30)19-6-9-21(10-7-19)32-22-11-12-23(32)16-24(33)15-22;1-4(2)3/h1-10,13-14,22-24,30,33H,11-12,15-17,29H2,(H,31,34);4H,1-3H3. The Morgan fingerprint density at radius 2 is 1.55 bits per heavy atom. The third-order valence-corrected chi connectivity index (χ3v) is 7.04. The number of nitrogens with two attached hydrogens (primary N) is 1. The van der Waals surface area contributed by atoms with E-state index in [1.807, 2.05) is 42.5 Å². The van der Waals surface area contributed by atoms with Gasteiger partial charge in [0.15, 0.2) is 0 Å². The first-order valence-corrected chi connectivity index (χ1v) is 13.6. The zero-order valence-corrected chi connectivity index (χ0v) is 22.7. The fourth-order valence-electron chi connectivity index (χ4n) is 5.32. The van der Waals surface area contributed by atoms with Crippen LogP contribution in [0.25, 0.3) is 0 Å². The van der Waals surface area contributed by atoms with Crippen molar-refractivity contribution in [2.24, 2.45) is 5.92 Å². The molecule has 2 bridgehead atoms. The zero-order chi connectivity index (χ0) is 27.2. The first kappa shape index (κ1) is 27.4. The Morgan fingerprint density at radius 1 is 0.974 bits per heavy atom. The molecule has 6 heteroatoms. The molecule has 1 amide bonds. The van der Waals surface area contributed by atoms with E-state index in [-0.39, 0.29) is 12.0 Å². The number of carbonyl (C=O) groups excluding carboxylic acids is 1. The van der Waals surface area contributed by atoms with E-state index in [9.17, 15) is 9.90 Å². The van der Waals surface area contributed by atoms with Crippen LogP contribution in [0.5, 0.6) is 0 Å². The number of hydrogen-bond donors (Lipinski definition) is 4. The maximum atomic E-state index is 12.7. The highest BCUT2D eigenvalue weighted by Gasteiger charge is 2.40. The van der Waals surface area contributed by atoms with Crippen molar-refractivity contribution in [3.05, 3.63) is 95.1 Å². The first-order valence-electron chi connectivity index (χ1n) is 13.6. The molecule has 0 saturated carbocycles. The van der Waals surface area contributed by atoms with Crippen LogP contribution in [0.4, 0.5) is 11.4 Å². The lowest BCUT2D eigenvalue weighted by Crippen LogP contribution is -2.44. The summed E-state index contributed by atoms with van der Waals surface area (Å²) in [6.07, 6.45) is 3.69. The Balaban J connectivity index is 0.000000786. The van der Waals surface area contributed by atoms with Gasteiger partial charge in [0.1, 0.15) is 0 Å². The topological polar surface area (TPSA) is 102 Å². The van der Waals surface area contributed by atoms with Crippen molar-refractivity contribution >= 4 is 23.0 Å². The molecule has 2 unspecified atom stereocenters. The molecule has 2 aliphatic rings. The molecule has 5 N–H and O–H groups in total. The van der Waals surface area contributed by atoms with Crippen LogP contribution >= 0.6 is 0 Å². The van der Waals surface area contributed by atoms with Gasteiger partial charge >= 0.3 is 0 Å². The molecule has 0 aromatic heterocycles. The minimum Gasteiger partial charge on any atom is -0.398 e. The highest BCUT2D eigenvalue weighted by molar-refractivity contribution is 6.15. The molecule has 6 nitrogen and oxygen atoms in total. The summed E-state index contributed by atoms with van der Waals surface area (Å²) in [6, 6.07) is 23.6. The number of hydrogen-bond acceptors (Lipinski definition) is 5.